The second kappa shape index (κ2) is 9.17. The van der Waals surface area contributed by atoms with Crippen LogP contribution in [0.3, 0.4) is 0 Å². The molecule has 0 spiro atoms. The minimum Gasteiger partial charge on any atom is -0.326 e. The van der Waals surface area contributed by atoms with Crippen LogP contribution in [0.1, 0.15) is 44.7 Å². The van der Waals surface area contributed by atoms with Crippen LogP contribution in [0.2, 0.25) is 0 Å². The van der Waals surface area contributed by atoms with Crippen molar-refractivity contribution in [3.63, 3.8) is 0 Å². The smallest absolute Gasteiger partial charge is 0.244 e. The maximum Gasteiger partial charge on any atom is 0.244 e. The van der Waals surface area contributed by atoms with Crippen LogP contribution in [0, 0.1) is 6.92 Å². The van der Waals surface area contributed by atoms with Crippen LogP contribution in [-0.2, 0) is 14.4 Å². The predicted octanol–water partition coefficient (Wildman–Crippen LogP) is 4.07. The number of nitrogens with one attached hydrogen (secondary N) is 2. The summed E-state index contributed by atoms with van der Waals surface area (Å²) in [7, 11) is 0. The van der Waals surface area contributed by atoms with Crippen LogP contribution in [0.5, 0.6) is 0 Å². The summed E-state index contributed by atoms with van der Waals surface area (Å²) in [4.78, 5) is 37.7. The van der Waals surface area contributed by atoms with Crippen molar-refractivity contribution in [2.75, 3.05) is 22.1 Å². The molecule has 0 saturated heterocycles. The number of para-hydroxylation sites is 1. The summed E-state index contributed by atoms with van der Waals surface area (Å²) in [5.74, 6) is -0.479. The number of rotatable bonds is 6. The van der Waals surface area contributed by atoms with Crippen molar-refractivity contribution in [3.8, 4) is 0 Å². The highest BCUT2D eigenvalue weighted by Crippen LogP contribution is 2.31. The summed E-state index contributed by atoms with van der Waals surface area (Å²) in [6.07, 6.45) is 0. The topological polar surface area (TPSA) is 78.5 Å². The number of carbonyl (C=O) groups excluding carboxylic acids is 3. The van der Waals surface area contributed by atoms with Gasteiger partial charge in [0.2, 0.25) is 17.7 Å². The van der Waals surface area contributed by atoms with Gasteiger partial charge in [-0.05, 0) is 42.2 Å². The average molecular weight is 381 g/mol. The number of aryl methyl sites for hydroxylation is 1. The molecule has 28 heavy (non-hydrogen) atoms. The molecule has 0 aromatic heterocycles. The van der Waals surface area contributed by atoms with E-state index in [0.717, 1.165) is 16.8 Å². The fraction of sp³-hybridized carbons (Fsp3) is 0.318. The number of anilines is 3. The van der Waals surface area contributed by atoms with Gasteiger partial charge < -0.3 is 15.5 Å². The number of carbonyl (C=O) groups is 3. The standard InChI is InChI=1S/C22H27N3O3/c1-14(2)20-11-6-8-15(3)22(20)25(17(5)27)13-21(28)24-19-10-7-9-18(12-19)23-16(4)26/h6-12,14H,13H2,1-5H3,(H,23,26)(H,24,28). The van der Waals surface area contributed by atoms with Crippen LogP contribution in [0.15, 0.2) is 42.5 Å². The fourth-order valence-electron chi connectivity index (χ4n) is 3.09. The molecule has 2 N–H and O–H groups in total. The van der Waals surface area contributed by atoms with E-state index in [2.05, 4.69) is 24.5 Å². The quantitative estimate of drug-likeness (QED) is 0.792. The SMILES string of the molecule is CC(=O)Nc1cccc(NC(=O)CN(C(C)=O)c2c(C)cccc2C(C)C)c1. The normalized spacial score (nSPS) is 10.5. The lowest BCUT2D eigenvalue weighted by Gasteiger charge is -2.27. The molecule has 6 nitrogen and oxygen atoms in total. The van der Waals surface area contributed by atoms with Gasteiger partial charge >= 0.3 is 0 Å². The lowest BCUT2D eigenvalue weighted by atomic mass is 9.97. The van der Waals surface area contributed by atoms with Crippen LogP contribution in [0.25, 0.3) is 0 Å². The Balaban J connectivity index is 2.23. The van der Waals surface area contributed by atoms with Gasteiger partial charge in [-0.25, -0.2) is 0 Å². The first kappa shape index (κ1) is 21.2. The van der Waals surface area contributed by atoms with Gasteiger partial charge in [0.25, 0.3) is 0 Å². The number of nitrogens with zero attached hydrogens (tertiary/aromatic N) is 1. The Labute approximate surface area is 165 Å². The predicted molar refractivity (Wildman–Crippen MR) is 113 cm³/mol. The molecule has 0 bridgehead atoms. The lowest BCUT2D eigenvalue weighted by Crippen LogP contribution is -2.37. The molecule has 0 saturated carbocycles. The van der Waals surface area contributed by atoms with Crippen LogP contribution >= 0.6 is 0 Å². The zero-order valence-corrected chi connectivity index (χ0v) is 17.0. The largest absolute Gasteiger partial charge is 0.326 e. The molecule has 0 aliphatic rings. The van der Waals surface area contributed by atoms with Crippen molar-refractivity contribution >= 4 is 34.8 Å². The van der Waals surface area contributed by atoms with E-state index in [4.69, 9.17) is 0 Å². The molecule has 0 radical (unpaired) electrons. The Morgan fingerprint density at radius 1 is 0.964 bits per heavy atom. The van der Waals surface area contributed by atoms with E-state index in [9.17, 15) is 14.4 Å². The highest BCUT2D eigenvalue weighted by molar-refractivity contribution is 6.03. The number of benzene rings is 2. The molecule has 3 amide bonds. The van der Waals surface area contributed by atoms with Crippen LogP contribution < -0.4 is 15.5 Å². The molecule has 2 rings (SSSR count). The molecule has 0 heterocycles. The first-order chi connectivity index (χ1) is 13.2. The van der Waals surface area contributed by atoms with Gasteiger partial charge in [0.15, 0.2) is 0 Å². The zero-order chi connectivity index (χ0) is 20.8. The first-order valence-electron chi connectivity index (χ1n) is 9.24. The molecule has 6 heteroatoms. The molecular formula is C22H27N3O3. The Morgan fingerprint density at radius 2 is 1.57 bits per heavy atom. The molecule has 0 atom stereocenters. The van der Waals surface area contributed by atoms with E-state index >= 15 is 0 Å². The highest BCUT2D eigenvalue weighted by Gasteiger charge is 2.21. The van der Waals surface area contributed by atoms with Crippen molar-refractivity contribution in [1.29, 1.82) is 0 Å². The zero-order valence-electron chi connectivity index (χ0n) is 17.0. The monoisotopic (exact) mass is 381 g/mol. The lowest BCUT2D eigenvalue weighted by molar-refractivity contribution is -0.120. The third-order valence-electron chi connectivity index (χ3n) is 4.31. The molecule has 0 aliphatic carbocycles. The highest BCUT2D eigenvalue weighted by atomic mass is 16.2. The van der Waals surface area contributed by atoms with Gasteiger partial charge in [0.1, 0.15) is 6.54 Å². The summed E-state index contributed by atoms with van der Waals surface area (Å²) in [6.45, 7) is 8.84. The first-order valence-corrected chi connectivity index (χ1v) is 9.24. The second-order valence-corrected chi connectivity index (χ2v) is 7.08. The van der Waals surface area contributed by atoms with E-state index in [1.54, 1.807) is 24.3 Å². The van der Waals surface area contributed by atoms with Crippen LogP contribution in [-0.4, -0.2) is 24.3 Å². The Morgan fingerprint density at radius 3 is 2.14 bits per heavy atom. The van der Waals surface area contributed by atoms with E-state index in [1.807, 2.05) is 25.1 Å². The Bertz CT molecular complexity index is 890. The molecule has 2 aromatic rings. The minimum atomic E-state index is -0.312. The van der Waals surface area contributed by atoms with Crippen molar-refractivity contribution < 1.29 is 14.4 Å². The van der Waals surface area contributed by atoms with E-state index < -0.39 is 0 Å². The fourth-order valence-corrected chi connectivity index (χ4v) is 3.09. The number of hydrogen-bond acceptors (Lipinski definition) is 3. The maximum atomic E-state index is 12.6. The van der Waals surface area contributed by atoms with Crippen molar-refractivity contribution in [3.05, 3.63) is 53.6 Å². The second-order valence-electron chi connectivity index (χ2n) is 7.08. The van der Waals surface area contributed by atoms with E-state index in [1.165, 1.54) is 18.7 Å². The molecule has 0 aliphatic heterocycles. The van der Waals surface area contributed by atoms with Gasteiger partial charge in [0, 0.05) is 25.2 Å². The minimum absolute atomic E-state index is 0.0930. The third kappa shape index (κ3) is 5.42. The van der Waals surface area contributed by atoms with Crippen molar-refractivity contribution in [1.82, 2.24) is 0 Å². The average Bonchev–Trinajstić information content (AvgIpc) is 2.59. The van der Waals surface area contributed by atoms with E-state index in [0.29, 0.717) is 11.4 Å². The molecule has 2 aromatic carbocycles. The van der Waals surface area contributed by atoms with Crippen molar-refractivity contribution in [2.24, 2.45) is 0 Å². The number of amides is 3. The van der Waals surface area contributed by atoms with Gasteiger partial charge in [-0.1, -0.05) is 38.1 Å². The van der Waals surface area contributed by atoms with Gasteiger partial charge in [0.05, 0.1) is 5.69 Å². The molecule has 148 valence electrons. The Kier molecular flexibility index (Phi) is 6.93. The van der Waals surface area contributed by atoms with Crippen molar-refractivity contribution in [2.45, 2.75) is 40.5 Å². The summed E-state index contributed by atoms with van der Waals surface area (Å²) in [5.41, 5.74) is 3.90. The summed E-state index contributed by atoms with van der Waals surface area (Å²) < 4.78 is 0. The maximum absolute atomic E-state index is 12.6. The van der Waals surface area contributed by atoms with Gasteiger partial charge in [-0.2, -0.15) is 0 Å². The van der Waals surface area contributed by atoms with Crippen LogP contribution in [0.4, 0.5) is 17.1 Å². The Hall–Kier alpha value is -3.15. The molecule has 0 unspecified atom stereocenters. The molecular weight excluding hydrogens is 354 g/mol. The molecule has 0 fully saturated rings. The summed E-state index contributed by atoms with van der Waals surface area (Å²) in [6, 6.07) is 12.8. The van der Waals surface area contributed by atoms with E-state index in [-0.39, 0.29) is 30.2 Å². The van der Waals surface area contributed by atoms with Gasteiger partial charge in [-0.15, -0.1) is 0 Å². The third-order valence-corrected chi connectivity index (χ3v) is 4.31. The summed E-state index contributed by atoms with van der Waals surface area (Å²) >= 11 is 0. The summed E-state index contributed by atoms with van der Waals surface area (Å²) in [5, 5.41) is 5.47. The number of hydrogen-bond donors (Lipinski definition) is 2. The van der Waals surface area contributed by atoms with Gasteiger partial charge in [-0.3, -0.25) is 14.4 Å².